The molecule has 0 fully saturated rings. The highest BCUT2D eigenvalue weighted by Gasteiger charge is 2.28. The quantitative estimate of drug-likeness (QED) is 0.0398. The standard InChI is InChI=1S/C39H53N9O4/c1-25-22-30(49)23-26(2)31(25)18-19-33(45-36(50)32(41)12-7-9-21-44-39(42)43)37(51)46-34(13-6-8-20-40)38-47-35(48-52-38)24-27-14-16-29(17-15-27)28-10-4-3-5-11-28/h3-5,10-11,14-17,22-23,32-34,49H,6-9,12-13,18-21,24,40-41H2,1-2H3,(H,45,50)(H,46,51)(H4,42,43,44)/t32-,33+,34+/m1/s1. The van der Waals surface area contributed by atoms with Crippen LogP contribution in [0.1, 0.15) is 85.0 Å². The van der Waals surface area contributed by atoms with Gasteiger partial charge in [0.1, 0.15) is 17.8 Å². The summed E-state index contributed by atoms with van der Waals surface area (Å²) in [6, 6.07) is 19.4. The van der Waals surface area contributed by atoms with Crippen molar-refractivity contribution >= 4 is 17.8 Å². The number of rotatable bonds is 20. The number of nitrogens with zero attached hydrogens (tertiary/aromatic N) is 3. The Morgan fingerprint density at radius 3 is 2.21 bits per heavy atom. The first-order valence-electron chi connectivity index (χ1n) is 17.9. The summed E-state index contributed by atoms with van der Waals surface area (Å²) in [6.45, 7) is 4.76. The number of phenols is 1. The lowest BCUT2D eigenvalue weighted by atomic mass is 9.95. The van der Waals surface area contributed by atoms with Crippen LogP contribution < -0.4 is 33.6 Å². The van der Waals surface area contributed by atoms with Gasteiger partial charge in [0.15, 0.2) is 11.8 Å². The Labute approximate surface area is 305 Å². The molecule has 13 heteroatoms. The van der Waals surface area contributed by atoms with Crippen molar-refractivity contribution < 1.29 is 19.2 Å². The van der Waals surface area contributed by atoms with E-state index >= 15 is 0 Å². The molecule has 52 heavy (non-hydrogen) atoms. The van der Waals surface area contributed by atoms with Crippen LogP contribution in [-0.2, 0) is 22.4 Å². The van der Waals surface area contributed by atoms with Gasteiger partial charge in [0.2, 0.25) is 17.7 Å². The normalized spacial score (nSPS) is 12.8. The van der Waals surface area contributed by atoms with Gasteiger partial charge in [-0.3, -0.25) is 14.6 Å². The van der Waals surface area contributed by atoms with Crippen LogP contribution in [0.4, 0.5) is 0 Å². The SMILES string of the molecule is Cc1cc(O)cc(C)c1CC[C@H](NC(=O)[C@H](N)CCCCN=C(N)N)C(=O)N[C@@H](CCCCN)c1nc(Cc2ccc(-c3ccccc3)cc2)no1. The van der Waals surface area contributed by atoms with Crippen molar-refractivity contribution in [2.45, 2.75) is 89.8 Å². The number of phenolic OH excluding ortho intramolecular Hbond substituents is 1. The van der Waals surface area contributed by atoms with Gasteiger partial charge in [0.05, 0.1) is 6.04 Å². The summed E-state index contributed by atoms with van der Waals surface area (Å²) in [4.78, 5) is 35.9. The fourth-order valence-corrected chi connectivity index (χ4v) is 6.15. The van der Waals surface area contributed by atoms with E-state index in [-0.39, 0.29) is 17.6 Å². The topological polar surface area (TPSA) is 234 Å². The van der Waals surface area contributed by atoms with Gasteiger partial charge in [0, 0.05) is 13.0 Å². The van der Waals surface area contributed by atoms with E-state index in [9.17, 15) is 14.7 Å². The Bertz CT molecular complexity index is 1730. The molecule has 0 aliphatic rings. The Morgan fingerprint density at radius 1 is 0.865 bits per heavy atom. The highest BCUT2D eigenvalue weighted by Crippen LogP contribution is 2.24. The lowest BCUT2D eigenvalue weighted by Crippen LogP contribution is -2.52. The number of aliphatic imine (C=N–C) groups is 1. The molecule has 0 saturated carbocycles. The third kappa shape index (κ3) is 12.2. The fraction of sp³-hybridized carbons (Fsp3) is 0.410. The molecule has 0 bridgehead atoms. The number of carbonyl (C=O) groups is 2. The third-order valence-electron chi connectivity index (χ3n) is 9.02. The summed E-state index contributed by atoms with van der Waals surface area (Å²) in [5, 5.41) is 20.2. The second-order valence-corrected chi connectivity index (χ2v) is 13.2. The van der Waals surface area contributed by atoms with Gasteiger partial charge in [-0.05, 0) is 117 Å². The fourth-order valence-electron chi connectivity index (χ4n) is 6.15. The zero-order chi connectivity index (χ0) is 37.5. The van der Waals surface area contributed by atoms with Crippen molar-refractivity contribution in [2.24, 2.45) is 27.9 Å². The molecule has 0 aliphatic heterocycles. The number of benzene rings is 3. The molecule has 0 unspecified atom stereocenters. The lowest BCUT2D eigenvalue weighted by Gasteiger charge is -2.24. The second kappa shape index (κ2) is 19.9. The summed E-state index contributed by atoms with van der Waals surface area (Å²) >= 11 is 0. The molecule has 3 atom stereocenters. The van der Waals surface area contributed by atoms with Crippen LogP contribution >= 0.6 is 0 Å². The molecule has 278 valence electrons. The summed E-state index contributed by atoms with van der Waals surface area (Å²) in [5.74, 6) is 0.150. The Balaban J connectivity index is 1.48. The Hall–Kier alpha value is -5.27. The monoisotopic (exact) mass is 711 g/mol. The minimum atomic E-state index is -0.907. The van der Waals surface area contributed by atoms with Crippen LogP contribution in [0.25, 0.3) is 11.1 Å². The summed E-state index contributed by atoms with van der Waals surface area (Å²) in [7, 11) is 0. The second-order valence-electron chi connectivity index (χ2n) is 13.2. The first-order valence-corrected chi connectivity index (χ1v) is 17.9. The van der Waals surface area contributed by atoms with Gasteiger partial charge >= 0.3 is 0 Å². The van der Waals surface area contributed by atoms with E-state index in [1.54, 1.807) is 12.1 Å². The van der Waals surface area contributed by atoms with Crippen LogP contribution in [0.2, 0.25) is 0 Å². The highest BCUT2D eigenvalue weighted by atomic mass is 16.5. The van der Waals surface area contributed by atoms with E-state index < -0.39 is 29.9 Å². The number of aryl methyl sites for hydroxylation is 2. The molecule has 3 aromatic carbocycles. The molecular formula is C39H53N9O4. The Kier molecular flexibility index (Phi) is 15.2. The molecule has 0 aliphatic carbocycles. The highest BCUT2D eigenvalue weighted by molar-refractivity contribution is 5.89. The van der Waals surface area contributed by atoms with E-state index in [0.717, 1.165) is 39.8 Å². The molecule has 0 saturated heterocycles. The molecule has 1 heterocycles. The number of nitrogens with two attached hydrogens (primary N) is 4. The number of unbranched alkanes of at least 4 members (excludes halogenated alkanes) is 2. The predicted octanol–water partition coefficient (Wildman–Crippen LogP) is 3.82. The zero-order valence-electron chi connectivity index (χ0n) is 30.2. The van der Waals surface area contributed by atoms with E-state index in [1.165, 1.54) is 0 Å². The average molecular weight is 712 g/mol. The maximum absolute atomic E-state index is 14.0. The summed E-state index contributed by atoms with van der Waals surface area (Å²) < 4.78 is 5.71. The minimum absolute atomic E-state index is 0.0157. The van der Waals surface area contributed by atoms with E-state index in [1.807, 2.05) is 44.2 Å². The number of amides is 2. The number of guanidine groups is 1. The molecule has 4 rings (SSSR count). The predicted molar refractivity (Wildman–Crippen MR) is 203 cm³/mol. The number of hydrogen-bond acceptors (Lipinski definition) is 9. The molecular weight excluding hydrogens is 658 g/mol. The van der Waals surface area contributed by atoms with E-state index in [2.05, 4.69) is 50.0 Å². The van der Waals surface area contributed by atoms with Crippen molar-refractivity contribution in [3.8, 4) is 16.9 Å². The molecule has 13 nitrogen and oxygen atoms in total. The average Bonchev–Trinajstić information content (AvgIpc) is 3.58. The van der Waals surface area contributed by atoms with Gasteiger partial charge in [-0.25, -0.2) is 0 Å². The van der Waals surface area contributed by atoms with Crippen LogP contribution in [-0.4, -0.2) is 58.2 Å². The molecule has 1 aromatic heterocycles. The number of hydrogen-bond donors (Lipinski definition) is 7. The van der Waals surface area contributed by atoms with Gasteiger partial charge in [-0.2, -0.15) is 4.98 Å². The number of nitrogens with one attached hydrogen (secondary N) is 2. The van der Waals surface area contributed by atoms with Gasteiger partial charge in [-0.15, -0.1) is 0 Å². The van der Waals surface area contributed by atoms with Crippen molar-refractivity contribution in [3.05, 3.63) is 101 Å². The maximum Gasteiger partial charge on any atom is 0.249 e. The zero-order valence-corrected chi connectivity index (χ0v) is 30.2. The molecule has 0 spiro atoms. The first kappa shape index (κ1) is 39.5. The lowest BCUT2D eigenvalue weighted by molar-refractivity contribution is -0.130. The van der Waals surface area contributed by atoms with Crippen LogP contribution in [0.15, 0.2) is 76.2 Å². The van der Waals surface area contributed by atoms with Crippen LogP contribution in [0.3, 0.4) is 0 Å². The number of aromatic nitrogens is 2. The summed E-state index contributed by atoms with van der Waals surface area (Å²) in [5.41, 5.74) is 28.9. The smallest absolute Gasteiger partial charge is 0.249 e. The number of aromatic hydroxyl groups is 1. The van der Waals surface area contributed by atoms with Crippen molar-refractivity contribution in [2.75, 3.05) is 13.1 Å². The first-order chi connectivity index (χ1) is 25.0. The molecule has 2 amide bonds. The third-order valence-corrected chi connectivity index (χ3v) is 9.02. The van der Waals surface area contributed by atoms with E-state index in [4.69, 9.17) is 27.5 Å². The Morgan fingerprint density at radius 2 is 1.54 bits per heavy atom. The largest absolute Gasteiger partial charge is 0.508 e. The molecule has 4 aromatic rings. The number of carbonyl (C=O) groups excluding carboxylic acids is 2. The van der Waals surface area contributed by atoms with Gasteiger partial charge < -0.3 is 43.2 Å². The molecule has 11 N–H and O–H groups in total. The van der Waals surface area contributed by atoms with Crippen LogP contribution in [0, 0.1) is 13.8 Å². The minimum Gasteiger partial charge on any atom is -0.508 e. The maximum atomic E-state index is 14.0. The molecule has 0 radical (unpaired) electrons. The van der Waals surface area contributed by atoms with Crippen molar-refractivity contribution in [1.29, 1.82) is 0 Å². The van der Waals surface area contributed by atoms with Crippen molar-refractivity contribution in [3.63, 3.8) is 0 Å². The summed E-state index contributed by atoms with van der Waals surface area (Å²) in [6.07, 6.45) is 4.91. The van der Waals surface area contributed by atoms with Gasteiger partial charge in [0.25, 0.3) is 0 Å². The van der Waals surface area contributed by atoms with Crippen molar-refractivity contribution in [1.82, 2.24) is 20.8 Å². The van der Waals surface area contributed by atoms with E-state index in [0.29, 0.717) is 70.3 Å². The van der Waals surface area contributed by atoms with Gasteiger partial charge in [-0.1, -0.05) is 59.8 Å². The van der Waals surface area contributed by atoms with Crippen LogP contribution in [0.5, 0.6) is 5.75 Å².